The average molecular weight is 538 g/mol. The lowest BCUT2D eigenvalue weighted by Crippen LogP contribution is -2.40. The lowest BCUT2D eigenvalue weighted by Gasteiger charge is -2.28. The van der Waals surface area contributed by atoms with E-state index in [4.69, 9.17) is 24.7 Å². The van der Waals surface area contributed by atoms with E-state index in [1.165, 1.54) is 12.1 Å². The Balaban J connectivity index is 3.23. The Bertz CT molecular complexity index is 929. The molecule has 2 unspecified atom stereocenters. The lowest BCUT2D eigenvalue weighted by molar-refractivity contribution is -0.139. The molecule has 3 atom stereocenters. The highest BCUT2D eigenvalue weighted by atomic mass is 16.7. The number of ether oxygens (including phenoxy) is 4. The first-order valence-corrected chi connectivity index (χ1v) is 13.2. The standard InChI is InChI=1S/C28H43NO9/c1-7-8-9-12-35-28(34)36-16-19(6)25(26(29)27(32)33)20-10-11-21(37-23(30)13-17(2)3)22(15-20)38-24(31)14-18(4)5/h10-11,15,17-19,25-26H,7-9,12-14,16,29H2,1-6H3,(H,32,33)/t19?,25?,26-/m0/s1. The van der Waals surface area contributed by atoms with Gasteiger partial charge in [0.05, 0.1) is 13.2 Å². The van der Waals surface area contributed by atoms with E-state index in [0.717, 1.165) is 19.3 Å². The second kappa shape index (κ2) is 16.7. The van der Waals surface area contributed by atoms with Gasteiger partial charge in [-0.15, -0.1) is 0 Å². The van der Waals surface area contributed by atoms with Crippen molar-refractivity contribution >= 4 is 24.1 Å². The van der Waals surface area contributed by atoms with Crippen LogP contribution in [0.5, 0.6) is 11.5 Å². The number of hydrogen-bond donors (Lipinski definition) is 2. The minimum atomic E-state index is -1.36. The summed E-state index contributed by atoms with van der Waals surface area (Å²) in [5.74, 6) is -3.53. The molecule has 0 bridgehead atoms. The fourth-order valence-electron chi connectivity index (χ4n) is 3.79. The van der Waals surface area contributed by atoms with Crippen molar-refractivity contribution in [2.75, 3.05) is 13.2 Å². The maximum Gasteiger partial charge on any atom is 0.508 e. The molecule has 1 aromatic rings. The normalized spacial score (nSPS) is 13.5. The van der Waals surface area contributed by atoms with Crippen molar-refractivity contribution < 1.29 is 43.2 Å². The molecule has 0 saturated heterocycles. The average Bonchev–Trinajstić information content (AvgIpc) is 2.81. The fourth-order valence-corrected chi connectivity index (χ4v) is 3.79. The molecule has 10 heteroatoms. The SMILES string of the molecule is CCCCCOC(=O)OCC(C)C(c1ccc(OC(=O)CC(C)C)c(OC(=O)CC(C)C)c1)[C@H](N)C(=O)O. The van der Waals surface area contributed by atoms with Crippen molar-refractivity contribution in [2.24, 2.45) is 23.5 Å². The monoisotopic (exact) mass is 537 g/mol. The molecule has 0 heterocycles. The zero-order valence-electron chi connectivity index (χ0n) is 23.4. The van der Waals surface area contributed by atoms with E-state index in [1.54, 1.807) is 13.0 Å². The fraction of sp³-hybridized carbons (Fsp3) is 0.643. The number of esters is 2. The van der Waals surface area contributed by atoms with Gasteiger partial charge in [0.25, 0.3) is 0 Å². The van der Waals surface area contributed by atoms with Crippen molar-refractivity contribution in [3.05, 3.63) is 23.8 Å². The predicted octanol–water partition coefficient (Wildman–Crippen LogP) is 5.06. The van der Waals surface area contributed by atoms with Crippen LogP contribution >= 0.6 is 0 Å². The summed E-state index contributed by atoms with van der Waals surface area (Å²) in [4.78, 5) is 48.6. The number of aliphatic carboxylic acids is 1. The molecule has 38 heavy (non-hydrogen) atoms. The zero-order chi connectivity index (χ0) is 28.8. The molecule has 214 valence electrons. The van der Waals surface area contributed by atoms with Gasteiger partial charge in [0.2, 0.25) is 0 Å². The highest BCUT2D eigenvalue weighted by Gasteiger charge is 2.33. The molecule has 3 N–H and O–H groups in total. The summed E-state index contributed by atoms with van der Waals surface area (Å²) in [6.45, 7) is 11.3. The Morgan fingerprint density at radius 3 is 1.97 bits per heavy atom. The number of benzene rings is 1. The molecule has 1 rings (SSSR count). The summed E-state index contributed by atoms with van der Waals surface area (Å²) in [5, 5.41) is 9.67. The molecule has 0 aliphatic rings. The van der Waals surface area contributed by atoms with E-state index < -0.39 is 41.9 Å². The number of carbonyl (C=O) groups is 4. The van der Waals surface area contributed by atoms with Crippen LogP contribution < -0.4 is 15.2 Å². The van der Waals surface area contributed by atoms with Gasteiger partial charge in [0, 0.05) is 18.8 Å². The van der Waals surface area contributed by atoms with Gasteiger partial charge in [-0.25, -0.2) is 4.79 Å². The Morgan fingerprint density at radius 2 is 1.45 bits per heavy atom. The van der Waals surface area contributed by atoms with Crippen LogP contribution in [-0.4, -0.2) is 48.4 Å². The summed E-state index contributed by atoms with van der Waals surface area (Å²) in [5.41, 5.74) is 6.46. The Labute approximate surface area is 225 Å². The van der Waals surface area contributed by atoms with Crippen molar-refractivity contribution in [3.8, 4) is 11.5 Å². The number of hydrogen-bond acceptors (Lipinski definition) is 9. The van der Waals surface area contributed by atoms with Gasteiger partial charge in [-0.05, 0) is 41.9 Å². The number of nitrogens with two attached hydrogens (primary N) is 1. The molecule has 10 nitrogen and oxygen atoms in total. The largest absolute Gasteiger partial charge is 0.508 e. The molecule has 0 fully saturated rings. The van der Waals surface area contributed by atoms with Gasteiger partial charge in [-0.2, -0.15) is 0 Å². The van der Waals surface area contributed by atoms with Crippen LogP contribution in [0.3, 0.4) is 0 Å². The minimum Gasteiger partial charge on any atom is -0.480 e. The van der Waals surface area contributed by atoms with Crippen LogP contribution in [0.1, 0.15) is 85.1 Å². The first-order chi connectivity index (χ1) is 17.8. The molecule has 0 radical (unpaired) electrons. The van der Waals surface area contributed by atoms with Gasteiger partial charge in [0.15, 0.2) is 11.5 Å². The summed E-state index contributed by atoms with van der Waals surface area (Å²) >= 11 is 0. The summed E-state index contributed by atoms with van der Waals surface area (Å²) in [6.07, 6.45) is 2.08. The first kappa shape index (κ1) is 32.9. The molecule has 0 saturated carbocycles. The highest BCUT2D eigenvalue weighted by molar-refractivity contribution is 5.77. The number of carbonyl (C=O) groups excluding carboxylic acids is 3. The molecule has 1 aromatic carbocycles. The molecule has 0 spiro atoms. The molecule has 0 aromatic heterocycles. The summed E-state index contributed by atoms with van der Waals surface area (Å²) in [7, 11) is 0. The molecular weight excluding hydrogens is 494 g/mol. The Hall–Kier alpha value is -3.14. The number of rotatable bonds is 16. The number of unbranched alkanes of at least 4 members (excludes halogenated alkanes) is 2. The van der Waals surface area contributed by atoms with Crippen LogP contribution in [0.2, 0.25) is 0 Å². The van der Waals surface area contributed by atoms with Crippen molar-refractivity contribution in [3.63, 3.8) is 0 Å². The van der Waals surface area contributed by atoms with Crippen molar-refractivity contribution in [2.45, 2.75) is 85.6 Å². The van der Waals surface area contributed by atoms with Gasteiger partial charge < -0.3 is 29.8 Å². The van der Waals surface area contributed by atoms with Gasteiger partial charge in [-0.1, -0.05) is 60.5 Å². The molecule has 0 aliphatic carbocycles. The lowest BCUT2D eigenvalue weighted by atomic mass is 9.82. The predicted molar refractivity (Wildman–Crippen MR) is 141 cm³/mol. The molecular formula is C28H43NO9. The molecule has 0 aliphatic heterocycles. The highest BCUT2D eigenvalue weighted by Crippen LogP contribution is 2.36. The third-order valence-corrected chi connectivity index (χ3v) is 5.67. The van der Waals surface area contributed by atoms with Crippen LogP contribution in [0, 0.1) is 17.8 Å². The first-order valence-electron chi connectivity index (χ1n) is 13.2. The second-order valence-electron chi connectivity index (χ2n) is 10.3. The van der Waals surface area contributed by atoms with Crippen LogP contribution in [-0.2, 0) is 23.9 Å². The number of carboxylic acids is 1. The third-order valence-electron chi connectivity index (χ3n) is 5.67. The summed E-state index contributed by atoms with van der Waals surface area (Å²) < 4.78 is 21.2. The topological polar surface area (TPSA) is 151 Å². The summed E-state index contributed by atoms with van der Waals surface area (Å²) in [6, 6.07) is 3.10. The van der Waals surface area contributed by atoms with Crippen molar-refractivity contribution in [1.29, 1.82) is 0 Å². The van der Waals surface area contributed by atoms with E-state index in [2.05, 4.69) is 0 Å². The molecule has 0 amide bonds. The third kappa shape index (κ3) is 11.9. The second-order valence-corrected chi connectivity index (χ2v) is 10.3. The van der Waals surface area contributed by atoms with Crippen LogP contribution in [0.15, 0.2) is 18.2 Å². The van der Waals surface area contributed by atoms with E-state index in [1.807, 2.05) is 34.6 Å². The van der Waals surface area contributed by atoms with Gasteiger partial charge >= 0.3 is 24.1 Å². The zero-order valence-corrected chi connectivity index (χ0v) is 23.4. The quantitative estimate of drug-likeness (QED) is 0.166. The van der Waals surface area contributed by atoms with E-state index in [0.29, 0.717) is 5.56 Å². The van der Waals surface area contributed by atoms with Gasteiger partial charge in [0.1, 0.15) is 6.04 Å². The Kier molecular flexibility index (Phi) is 14.4. The maximum absolute atomic E-state index is 12.4. The van der Waals surface area contributed by atoms with Crippen LogP contribution in [0.4, 0.5) is 4.79 Å². The minimum absolute atomic E-state index is 0.0173. The van der Waals surface area contributed by atoms with Crippen LogP contribution in [0.25, 0.3) is 0 Å². The van der Waals surface area contributed by atoms with E-state index in [-0.39, 0.29) is 49.4 Å². The number of carboxylic acid groups (broad SMARTS) is 1. The van der Waals surface area contributed by atoms with Gasteiger partial charge in [-0.3, -0.25) is 14.4 Å². The van der Waals surface area contributed by atoms with Crippen molar-refractivity contribution in [1.82, 2.24) is 0 Å². The smallest absolute Gasteiger partial charge is 0.480 e. The van der Waals surface area contributed by atoms with E-state index in [9.17, 15) is 24.3 Å². The Morgan fingerprint density at radius 1 is 0.868 bits per heavy atom. The van der Waals surface area contributed by atoms with E-state index >= 15 is 0 Å². The maximum atomic E-state index is 12.4.